The van der Waals surface area contributed by atoms with Gasteiger partial charge in [0.15, 0.2) is 11.6 Å². The highest BCUT2D eigenvalue weighted by Crippen LogP contribution is 2.41. The Morgan fingerprint density at radius 2 is 1.74 bits per heavy atom. The molecule has 3 aliphatic rings. The maximum atomic E-state index is 14.7. The minimum absolute atomic E-state index is 0.0360. The van der Waals surface area contributed by atoms with Crippen LogP contribution in [0, 0.1) is 35.3 Å². The summed E-state index contributed by atoms with van der Waals surface area (Å²) in [6, 6.07) is 2.66. The van der Waals surface area contributed by atoms with Crippen LogP contribution in [-0.2, 0) is 4.74 Å². The molecule has 0 aromatic heterocycles. The minimum Gasteiger partial charge on any atom is -0.491 e. The van der Waals surface area contributed by atoms with Crippen LogP contribution in [0.25, 0.3) is 0 Å². The maximum absolute atomic E-state index is 14.7. The standard InChI is InChI=1S/C30H43F2NO2/c1-4-6-7-8-21-9-11-22(12-10-21)23-13-15-26(35-19-23)24-17-20(3)30(33-18-24)25-14-16-27(34-5-2)29(32)28(25)31/h14,16-18,20-23,26,30H,4-13,15,19H2,1-3H3. The van der Waals surface area contributed by atoms with Gasteiger partial charge in [-0.2, -0.15) is 4.39 Å². The number of hydrogen-bond donors (Lipinski definition) is 0. The van der Waals surface area contributed by atoms with E-state index in [0.717, 1.165) is 30.4 Å². The fourth-order valence-corrected chi connectivity index (χ4v) is 6.37. The number of aliphatic imine (C=N–C) groups is 1. The average Bonchev–Trinajstić information content (AvgIpc) is 2.88. The zero-order valence-corrected chi connectivity index (χ0v) is 21.8. The van der Waals surface area contributed by atoms with Crippen LogP contribution in [0.1, 0.15) is 96.6 Å². The molecule has 3 nitrogen and oxygen atoms in total. The topological polar surface area (TPSA) is 30.8 Å². The Bertz CT molecular complexity index is 883. The molecule has 0 radical (unpaired) electrons. The summed E-state index contributed by atoms with van der Waals surface area (Å²) < 4.78 is 40.7. The molecular weight excluding hydrogens is 444 g/mol. The van der Waals surface area contributed by atoms with Crippen LogP contribution in [0.3, 0.4) is 0 Å². The van der Waals surface area contributed by atoms with Crippen molar-refractivity contribution in [1.29, 1.82) is 0 Å². The Morgan fingerprint density at radius 1 is 0.971 bits per heavy atom. The fraction of sp³-hybridized carbons (Fsp3) is 0.700. The van der Waals surface area contributed by atoms with Crippen molar-refractivity contribution in [2.24, 2.45) is 28.7 Å². The van der Waals surface area contributed by atoms with Crippen molar-refractivity contribution in [3.8, 4) is 5.75 Å². The number of dihydropyridines is 1. The lowest BCUT2D eigenvalue weighted by atomic mass is 9.72. The van der Waals surface area contributed by atoms with Crippen LogP contribution in [-0.4, -0.2) is 25.5 Å². The second kappa shape index (κ2) is 12.5. The highest BCUT2D eigenvalue weighted by Gasteiger charge is 2.34. The summed E-state index contributed by atoms with van der Waals surface area (Å²) >= 11 is 0. The van der Waals surface area contributed by atoms with Gasteiger partial charge < -0.3 is 9.47 Å². The number of hydrogen-bond acceptors (Lipinski definition) is 3. The molecule has 5 heteroatoms. The van der Waals surface area contributed by atoms with Crippen LogP contribution in [0.15, 0.2) is 28.8 Å². The Kier molecular flexibility index (Phi) is 9.38. The largest absolute Gasteiger partial charge is 0.491 e. The van der Waals surface area contributed by atoms with Crippen molar-refractivity contribution in [2.45, 2.75) is 97.1 Å². The first kappa shape index (κ1) is 26.3. The van der Waals surface area contributed by atoms with Crippen molar-refractivity contribution in [2.75, 3.05) is 13.2 Å². The summed E-state index contributed by atoms with van der Waals surface area (Å²) in [5, 5.41) is 0. The van der Waals surface area contributed by atoms with E-state index in [4.69, 9.17) is 9.47 Å². The van der Waals surface area contributed by atoms with E-state index in [-0.39, 0.29) is 23.3 Å². The predicted molar refractivity (Wildman–Crippen MR) is 138 cm³/mol. The lowest BCUT2D eigenvalue weighted by Gasteiger charge is -2.38. The van der Waals surface area contributed by atoms with Gasteiger partial charge in [0.25, 0.3) is 0 Å². The molecule has 0 bridgehead atoms. The van der Waals surface area contributed by atoms with Gasteiger partial charge in [-0.05, 0) is 62.0 Å². The van der Waals surface area contributed by atoms with Crippen LogP contribution < -0.4 is 4.74 Å². The second-order valence-corrected chi connectivity index (χ2v) is 10.9. The molecule has 35 heavy (non-hydrogen) atoms. The van der Waals surface area contributed by atoms with E-state index in [1.54, 1.807) is 13.0 Å². The first-order chi connectivity index (χ1) is 17.0. The molecule has 194 valence electrons. The van der Waals surface area contributed by atoms with E-state index in [1.807, 2.05) is 13.1 Å². The average molecular weight is 488 g/mol. The molecule has 4 unspecified atom stereocenters. The third kappa shape index (κ3) is 6.34. The highest BCUT2D eigenvalue weighted by atomic mass is 19.2. The van der Waals surface area contributed by atoms with Crippen LogP contribution in [0.2, 0.25) is 0 Å². The van der Waals surface area contributed by atoms with Crippen LogP contribution in [0.4, 0.5) is 8.78 Å². The van der Waals surface area contributed by atoms with Crippen molar-refractivity contribution in [3.05, 3.63) is 41.0 Å². The lowest BCUT2D eigenvalue weighted by Crippen LogP contribution is -2.34. The van der Waals surface area contributed by atoms with E-state index in [0.29, 0.717) is 12.5 Å². The third-order valence-corrected chi connectivity index (χ3v) is 8.49. The molecule has 1 saturated carbocycles. The van der Waals surface area contributed by atoms with Gasteiger partial charge in [0.05, 0.1) is 25.4 Å². The van der Waals surface area contributed by atoms with E-state index in [2.05, 4.69) is 18.0 Å². The lowest BCUT2D eigenvalue weighted by molar-refractivity contribution is -0.0196. The summed E-state index contributed by atoms with van der Waals surface area (Å²) in [7, 11) is 0. The fourth-order valence-electron chi connectivity index (χ4n) is 6.37. The normalized spacial score (nSPS) is 31.3. The molecule has 4 rings (SSSR count). The molecule has 2 heterocycles. The number of benzene rings is 1. The van der Waals surface area contributed by atoms with E-state index >= 15 is 0 Å². The first-order valence-corrected chi connectivity index (χ1v) is 14.0. The van der Waals surface area contributed by atoms with Crippen LogP contribution in [0.5, 0.6) is 5.75 Å². The molecule has 1 aromatic rings. The van der Waals surface area contributed by atoms with Gasteiger partial charge in [0.2, 0.25) is 5.82 Å². The van der Waals surface area contributed by atoms with Crippen molar-refractivity contribution < 1.29 is 18.3 Å². The van der Waals surface area contributed by atoms with Crippen LogP contribution >= 0.6 is 0 Å². The van der Waals surface area contributed by atoms with E-state index in [1.165, 1.54) is 63.9 Å². The minimum atomic E-state index is -0.932. The maximum Gasteiger partial charge on any atom is 0.200 e. The monoisotopic (exact) mass is 487 g/mol. The molecule has 0 N–H and O–H groups in total. The summed E-state index contributed by atoms with van der Waals surface area (Å²) in [6.07, 6.45) is 17.3. The molecule has 2 fully saturated rings. The molecule has 0 amide bonds. The molecule has 0 spiro atoms. The number of rotatable bonds is 9. The zero-order chi connectivity index (χ0) is 24.8. The summed E-state index contributed by atoms with van der Waals surface area (Å²) in [6.45, 7) is 7.17. The molecule has 4 atom stereocenters. The highest BCUT2D eigenvalue weighted by molar-refractivity contribution is 5.81. The van der Waals surface area contributed by atoms with Crippen molar-refractivity contribution in [3.63, 3.8) is 0 Å². The summed E-state index contributed by atoms with van der Waals surface area (Å²) in [5.41, 5.74) is 1.36. The van der Waals surface area contributed by atoms with E-state index < -0.39 is 17.7 Å². The summed E-state index contributed by atoms with van der Waals surface area (Å²) in [4.78, 5) is 4.64. The number of halogens is 2. The Balaban J connectivity index is 1.28. The molecule has 2 aliphatic heterocycles. The van der Waals surface area contributed by atoms with E-state index in [9.17, 15) is 8.78 Å². The van der Waals surface area contributed by atoms with Gasteiger partial charge in [0, 0.05) is 17.7 Å². The van der Waals surface area contributed by atoms with Gasteiger partial charge >= 0.3 is 0 Å². The number of unbranched alkanes of at least 4 members (excludes halogenated alkanes) is 2. The molecular formula is C30H43F2NO2. The Hall–Kier alpha value is -1.75. The number of ether oxygens (including phenoxy) is 2. The molecule has 1 aromatic carbocycles. The quantitative estimate of drug-likeness (QED) is 0.328. The smallest absolute Gasteiger partial charge is 0.200 e. The predicted octanol–water partition coefficient (Wildman–Crippen LogP) is 8.23. The van der Waals surface area contributed by atoms with Crippen molar-refractivity contribution in [1.82, 2.24) is 0 Å². The second-order valence-electron chi connectivity index (χ2n) is 10.9. The van der Waals surface area contributed by atoms with Gasteiger partial charge in [-0.25, -0.2) is 4.39 Å². The van der Waals surface area contributed by atoms with Gasteiger partial charge in [-0.15, -0.1) is 0 Å². The Morgan fingerprint density at radius 3 is 2.40 bits per heavy atom. The summed E-state index contributed by atoms with van der Waals surface area (Å²) in [5.74, 6) is 0.556. The first-order valence-electron chi connectivity index (χ1n) is 14.0. The number of nitrogens with zero attached hydrogens (tertiary/aromatic N) is 1. The van der Waals surface area contributed by atoms with Gasteiger partial charge in [-0.3, -0.25) is 4.99 Å². The zero-order valence-electron chi connectivity index (χ0n) is 21.8. The van der Waals surface area contributed by atoms with Gasteiger partial charge in [-0.1, -0.05) is 64.5 Å². The third-order valence-electron chi connectivity index (χ3n) is 8.49. The van der Waals surface area contributed by atoms with Gasteiger partial charge in [0.1, 0.15) is 0 Å². The molecule has 1 saturated heterocycles. The molecule has 1 aliphatic carbocycles. The van der Waals surface area contributed by atoms with Crippen molar-refractivity contribution >= 4 is 6.21 Å². The Labute approximate surface area is 210 Å². The SMILES string of the molecule is CCCCCC1CCC(C2CCC(C3=CC(C)C(c4ccc(OCC)c(F)c4F)N=C3)OC2)CC1.